The van der Waals surface area contributed by atoms with Gasteiger partial charge in [-0.2, -0.15) is 0 Å². The molecule has 0 unspecified atom stereocenters. The molecule has 0 fully saturated rings. The number of fused-ring (bicyclic) bond motifs is 1. The molecule has 2 amide bonds. The standard InChI is InChI=1S/C24H25N5O2/c1-14-7-10-20(27-21(14)22(30)28(5)6)29-19-11-16(17-12-25-15(2)26-13-17)8-9-18(19)24(3,4)23(29)31/h7-13H,1-6H3. The summed E-state index contributed by atoms with van der Waals surface area (Å²) < 4.78 is 0. The molecule has 0 radical (unpaired) electrons. The summed E-state index contributed by atoms with van der Waals surface area (Å²) in [5.74, 6) is 0.852. The van der Waals surface area contributed by atoms with Crippen LogP contribution in [0.1, 0.15) is 41.3 Å². The minimum atomic E-state index is -0.712. The lowest BCUT2D eigenvalue weighted by Gasteiger charge is -2.21. The number of hydrogen-bond donors (Lipinski definition) is 0. The minimum absolute atomic E-state index is 0.0839. The van der Waals surface area contributed by atoms with E-state index in [0.717, 1.165) is 27.9 Å². The van der Waals surface area contributed by atoms with Gasteiger partial charge in [-0.25, -0.2) is 15.0 Å². The van der Waals surface area contributed by atoms with Crippen molar-refractivity contribution in [2.24, 2.45) is 0 Å². The van der Waals surface area contributed by atoms with Crippen LogP contribution >= 0.6 is 0 Å². The predicted molar refractivity (Wildman–Crippen MR) is 119 cm³/mol. The zero-order valence-electron chi connectivity index (χ0n) is 18.6. The number of anilines is 2. The zero-order chi connectivity index (χ0) is 22.5. The maximum atomic E-state index is 13.4. The molecular weight excluding hydrogens is 390 g/mol. The summed E-state index contributed by atoms with van der Waals surface area (Å²) in [6.07, 6.45) is 3.54. The Kier molecular flexibility index (Phi) is 4.84. The smallest absolute Gasteiger partial charge is 0.272 e. The SMILES string of the molecule is Cc1ncc(-c2ccc3c(c2)N(c2ccc(C)c(C(=O)N(C)C)n2)C(=O)C3(C)C)cn1. The molecular formula is C24H25N5O2. The Hall–Kier alpha value is -3.61. The first-order valence-electron chi connectivity index (χ1n) is 10.1. The summed E-state index contributed by atoms with van der Waals surface area (Å²) in [5, 5.41) is 0. The maximum absolute atomic E-state index is 13.4. The van der Waals surface area contributed by atoms with Crippen molar-refractivity contribution in [1.82, 2.24) is 19.9 Å². The lowest BCUT2D eigenvalue weighted by molar-refractivity contribution is -0.121. The number of rotatable bonds is 3. The van der Waals surface area contributed by atoms with E-state index in [1.165, 1.54) is 4.90 Å². The maximum Gasteiger partial charge on any atom is 0.272 e. The molecule has 7 heteroatoms. The van der Waals surface area contributed by atoms with E-state index in [0.29, 0.717) is 17.3 Å². The highest BCUT2D eigenvalue weighted by molar-refractivity contribution is 6.12. The van der Waals surface area contributed by atoms with Crippen molar-refractivity contribution in [3.63, 3.8) is 0 Å². The van der Waals surface area contributed by atoms with Crippen molar-refractivity contribution < 1.29 is 9.59 Å². The van der Waals surface area contributed by atoms with Gasteiger partial charge in [-0.05, 0) is 56.5 Å². The van der Waals surface area contributed by atoms with Gasteiger partial charge in [0.25, 0.3) is 5.91 Å². The number of benzene rings is 1. The van der Waals surface area contributed by atoms with Gasteiger partial charge in [-0.15, -0.1) is 0 Å². The molecule has 1 aliphatic rings. The zero-order valence-corrected chi connectivity index (χ0v) is 18.6. The number of nitrogens with zero attached hydrogens (tertiary/aromatic N) is 5. The Morgan fingerprint density at radius 3 is 2.32 bits per heavy atom. The molecule has 0 spiro atoms. The number of carbonyl (C=O) groups excluding carboxylic acids is 2. The minimum Gasteiger partial charge on any atom is -0.343 e. The van der Waals surface area contributed by atoms with Crippen molar-refractivity contribution in [1.29, 1.82) is 0 Å². The van der Waals surface area contributed by atoms with E-state index in [9.17, 15) is 9.59 Å². The second kappa shape index (κ2) is 7.27. The quantitative estimate of drug-likeness (QED) is 0.650. The molecule has 2 aromatic heterocycles. The van der Waals surface area contributed by atoms with Crippen molar-refractivity contribution in [3.8, 4) is 11.1 Å². The van der Waals surface area contributed by atoms with Crippen molar-refractivity contribution >= 4 is 23.3 Å². The van der Waals surface area contributed by atoms with Gasteiger partial charge in [-0.3, -0.25) is 14.5 Å². The van der Waals surface area contributed by atoms with Gasteiger partial charge in [0.05, 0.1) is 11.1 Å². The van der Waals surface area contributed by atoms with Crippen LogP contribution in [-0.2, 0) is 10.2 Å². The Bertz CT molecular complexity index is 1200. The third kappa shape index (κ3) is 3.36. The highest BCUT2D eigenvalue weighted by atomic mass is 16.2. The monoisotopic (exact) mass is 415 g/mol. The van der Waals surface area contributed by atoms with Crippen molar-refractivity contribution in [2.45, 2.75) is 33.1 Å². The number of amides is 2. The molecule has 3 heterocycles. The fourth-order valence-electron chi connectivity index (χ4n) is 3.77. The van der Waals surface area contributed by atoms with Gasteiger partial charge in [0.2, 0.25) is 5.91 Å². The number of aromatic nitrogens is 3. The molecule has 1 aliphatic heterocycles. The first-order valence-corrected chi connectivity index (χ1v) is 10.1. The topological polar surface area (TPSA) is 79.3 Å². The molecule has 31 heavy (non-hydrogen) atoms. The first-order chi connectivity index (χ1) is 14.6. The Morgan fingerprint density at radius 1 is 1.00 bits per heavy atom. The van der Waals surface area contributed by atoms with Crippen LogP contribution in [0.2, 0.25) is 0 Å². The van der Waals surface area contributed by atoms with Crippen molar-refractivity contribution in [2.75, 3.05) is 19.0 Å². The molecule has 0 saturated heterocycles. The van der Waals surface area contributed by atoms with E-state index in [2.05, 4.69) is 15.0 Å². The molecule has 3 aromatic rings. The fraction of sp³-hybridized carbons (Fsp3) is 0.292. The highest BCUT2D eigenvalue weighted by Crippen LogP contribution is 2.46. The molecule has 7 nitrogen and oxygen atoms in total. The van der Waals surface area contributed by atoms with Crippen LogP contribution in [-0.4, -0.2) is 45.8 Å². The predicted octanol–water partition coefficient (Wildman–Crippen LogP) is 3.81. The van der Waals surface area contributed by atoms with Gasteiger partial charge in [-0.1, -0.05) is 18.2 Å². The third-order valence-electron chi connectivity index (χ3n) is 5.68. The molecule has 0 atom stereocenters. The van der Waals surface area contributed by atoms with Crippen LogP contribution in [0.15, 0.2) is 42.7 Å². The summed E-state index contributed by atoms with van der Waals surface area (Å²) in [5.41, 5.74) is 3.83. The van der Waals surface area contributed by atoms with Gasteiger partial charge in [0.1, 0.15) is 17.3 Å². The van der Waals surface area contributed by atoms with E-state index in [4.69, 9.17) is 0 Å². The molecule has 0 bridgehead atoms. The Labute approximate surface area is 181 Å². The van der Waals surface area contributed by atoms with Crippen LogP contribution in [0.5, 0.6) is 0 Å². The number of pyridine rings is 1. The lowest BCUT2D eigenvalue weighted by atomic mass is 9.85. The molecule has 0 saturated carbocycles. The number of aryl methyl sites for hydroxylation is 2. The second-order valence-corrected chi connectivity index (χ2v) is 8.55. The summed E-state index contributed by atoms with van der Waals surface area (Å²) in [4.78, 5) is 42.3. The van der Waals surface area contributed by atoms with Crippen LogP contribution in [0.4, 0.5) is 11.5 Å². The number of carbonyl (C=O) groups is 2. The normalized spacial score (nSPS) is 14.5. The summed E-state index contributed by atoms with van der Waals surface area (Å²) in [6, 6.07) is 9.53. The molecule has 1 aromatic carbocycles. The second-order valence-electron chi connectivity index (χ2n) is 8.55. The highest BCUT2D eigenvalue weighted by Gasteiger charge is 2.45. The van der Waals surface area contributed by atoms with Crippen molar-refractivity contribution in [3.05, 3.63) is 65.4 Å². The van der Waals surface area contributed by atoms with E-state index in [1.807, 2.05) is 52.0 Å². The molecule has 0 N–H and O–H groups in total. The molecule has 4 rings (SSSR count). The molecule has 0 aliphatic carbocycles. The lowest BCUT2D eigenvalue weighted by Crippen LogP contribution is -2.34. The van der Waals surface area contributed by atoms with Gasteiger partial charge >= 0.3 is 0 Å². The van der Waals surface area contributed by atoms with Crippen LogP contribution in [0.25, 0.3) is 11.1 Å². The largest absolute Gasteiger partial charge is 0.343 e. The fourth-order valence-corrected chi connectivity index (χ4v) is 3.77. The Morgan fingerprint density at radius 2 is 1.68 bits per heavy atom. The number of hydrogen-bond acceptors (Lipinski definition) is 5. The average molecular weight is 415 g/mol. The van der Waals surface area contributed by atoms with Gasteiger partial charge in [0.15, 0.2) is 0 Å². The molecule has 158 valence electrons. The summed E-state index contributed by atoms with van der Waals surface area (Å²) >= 11 is 0. The third-order valence-corrected chi connectivity index (χ3v) is 5.68. The van der Waals surface area contributed by atoms with Crippen LogP contribution in [0.3, 0.4) is 0 Å². The summed E-state index contributed by atoms with van der Waals surface area (Å²) in [6.45, 7) is 7.49. The van der Waals surface area contributed by atoms with E-state index < -0.39 is 5.41 Å². The first kappa shape index (κ1) is 20.7. The summed E-state index contributed by atoms with van der Waals surface area (Å²) in [7, 11) is 3.37. The Balaban J connectivity index is 1.87. The van der Waals surface area contributed by atoms with E-state index in [1.54, 1.807) is 37.5 Å². The van der Waals surface area contributed by atoms with E-state index >= 15 is 0 Å². The van der Waals surface area contributed by atoms with Crippen LogP contribution in [0, 0.1) is 13.8 Å². The van der Waals surface area contributed by atoms with Gasteiger partial charge < -0.3 is 4.90 Å². The average Bonchev–Trinajstić information content (AvgIpc) is 2.94. The van der Waals surface area contributed by atoms with Crippen LogP contribution < -0.4 is 4.90 Å². The van der Waals surface area contributed by atoms with Gasteiger partial charge in [0, 0.05) is 32.1 Å². The van der Waals surface area contributed by atoms with E-state index in [-0.39, 0.29) is 11.8 Å².